The smallest absolute Gasteiger partial charge is 0.0518 e. The van der Waals surface area contributed by atoms with Gasteiger partial charge in [-0.1, -0.05) is 0 Å². The maximum absolute atomic E-state index is 5.46. The zero-order valence-corrected chi connectivity index (χ0v) is 9.18. The Labute approximate surface area is 82.0 Å². The van der Waals surface area contributed by atoms with E-state index >= 15 is 0 Å². The lowest BCUT2D eigenvalue weighted by Crippen LogP contribution is -2.29. The third-order valence-corrected chi connectivity index (χ3v) is 2.57. The van der Waals surface area contributed by atoms with E-state index in [1.165, 1.54) is 12.8 Å². The minimum Gasteiger partial charge on any atom is -0.379 e. The summed E-state index contributed by atoms with van der Waals surface area (Å²) in [6.07, 6.45) is 4.36. The van der Waals surface area contributed by atoms with Gasteiger partial charge in [0.2, 0.25) is 0 Å². The Bertz CT molecular complexity index is 132. The van der Waals surface area contributed by atoms with Gasteiger partial charge in [-0.05, 0) is 52.5 Å². The molecule has 1 rings (SSSR count). The molecule has 1 unspecified atom stereocenters. The van der Waals surface area contributed by atoms with Gasteiger partial charge in [-0.2, -0.15) is 0 Å². The lowest BCUT2D eigenvalue weighted by molar-refractivity contribution is 0.0767. The molecule has 1 aliphatic rings. The second kappa shape index (κ2) is 5.61. The summed E-state index contributed by atoms with van der Waals surface area (Å²) in [5.41, 5.74) is 0. The summed E-state index contributed by atoms with van der Waals surface area (Å²) in [4.78, 5) is 0. The van der Waals surface area contributed by atoms with Crippen molar-refractivity contribution in [2.24, 2.45) is 5.92 Å². The molecule has 0 spiro atoms. The lowest BCUT2D eigenvalue weighted by Gasteiger charge is -2.13. The number of hydrogen-bond donors (Lipinski definition) is 1. The fraction of sp³-hybridized carbons (Fsp3) is 1.00. The third-order valence-electron chi connectivity index (χ3n) is 2.57. The quantitative estimate of drug-likeness (QED) is 0.614. The molecule has 0 bridgehead atoms. The van der Waals surface area contributed by atoms with Gasteiger partial charge in [0.05, 0.1) is 6.10 Å². The van der Waals surface area contributed by atoms with Crippen molar-refractivity contribution in [3.63, 3.8) is 0 Å². The normalized spacial score (nSPS) is 19.4. The van der Waals surface area contributed by atoms with Crippen molar-refractivity contribution in [1.29, 1.82) is 0 Å². The van der Waals surface area contributed by atoms with E-state index in [-0.39, 0.29) is 0 Å². The SMILES string of the molecule is CC(C)OCCCNC(C)C1CC1. The highest BCUT2D eigenvalue weighted by atomic mass is 16.5. The highest BCUT2D eigenvalue weighted by Gasteiger charge is 2.26. The van der Waals surface area contributed by atoms with E-state index in [1.54, 1.807) is 0 Å². The Morgan fingerprint density at radius 1 is 1.31 bits per heavy atom. The average molecular weight is 185 g/mol. The Morgan fingerprint density at radius 3 is 2.54 bits per heavy atom. The van der Waals surface area contributed by atoms with Crippen LogP contribution in [0.15, 0.2) is 0 Å². The van der Waals surface area contributed by atoms with Gasteiger partial charge in [-0.15, -0.1) is 0 Å². The van der Waals surface area contributed by atoms with Gasteiger partial charge >= 0.3 is 0 Å². The zero-order chi connectivity index (χ0) is 9.68. The Balaban J connectivity index is 1.83. The molecule has 13 heavy (non-hydrogen) atoms. The van der Waals surface area contributed by atoms with E-state index in [4.69, 9.17) is 4.74 Å². The molecule has 0 amide bonds. The van der Waals surface area contributed by atoms with Crippen LogP contribution in [0.25, 0.3) is 0 Å². The molecule has 0 saturated heterocycles. The standard InChI is InChI=1S/C11H23NO/c1-9(2)13-8-4-7-12-10(3)11-5-6-11/h9-12H,4-8H2,1-3H3. The summed E-state index contributed by atoms with van der Waals surface area (Å²) in [5.74, 6) is 0.964. The molecule has 1 N–H and O–H groups in total. The molecule has 2 heteroatoms. The number of hydrogen-bond acceptors (Lipinski definition) is 2. The van der Waals surface area contributed by atoms with E-state index in [0.717, 1.165) is 31.5 Å². The largest absolute Gasteiger partial charge is 0.379 e. The summed E-state index contributed by atoms with van der Waals surface area (Å²) in [5, 5.41) is 3.54. The molecular weight excluding hydrogens is 162 g/mol. The first-order valence-corrected chi connectivity index (χ1v) is 5.55. The van der Waals surface area contributed by atoms with Crippen molar-refractivity contribution < 1.29 is 4.74 Å². The summed E-state index contributed by atoms with van der Waals surface area (Å²) in [6, 6.07) is 0.721. The van der Waals surface area contributed by atoms with E-state index in [2.05, 4.69) is 26.1 Å². The fourth-order valence-electron chi connectivity index (χ4n) is 1.48. The summed E-state index contributed by atoms with van der Waals surface area (Å²) in [6.45, 7) is 8.45. The molecule has 2 nitrogen and oxygen atoms in total. The minimum atomic E-state index is 0.376. The van der Waals surface area contributed by atoms with Gasteiger partial charge in [0, 0.05) is 12.6 Å². The zero-order valence-electron chi connectivity index (χ0n) is 9.18. The van der Waals surface area contributed by atoms with Crippen molar-refractivity contribution in [2.45, 2.75) is 52.2 Å². The Hall–Kier alpha value is -0.0800. The summed E-state index contributed by atoms with van der Waals surface area (Å²) >= 11 is 0. The maximum Gasteiger partial charge on any atom is 0.0518 e. The Morgan fingerprint density at radius 2 is 2.00 bits per heavy atom. The molecule has 0 heterocycles. The fourth-order valence-corrected chi connectivity index (χ4v) is 1.48. The van der Waals surface area contributed by atoms with Crippen LogP contribution in [-0.4, -0.2) is 25.3 Å². The molecule has 0 aromatic carbocycles. The van der Waals surface area contributed by atoms with E-state index in [1.807, 2.05) is 0 Å². The highest BCUT2D eigenvalue weighted by molar-refractivity contribution is 4.82. The molecule has 0 aromatic heterocycles. The van der Waals surface area contributed by atoms with E-state index < -0.39 is 0 Å². The van der Waals surface area contributed by atoms with Crippen molar-refractivity contribution in [3.05, 3.63) is 0 Å². The highest BCUT2D eigenvalue weighted by Crippen LogP contribution is 2.32. The number of ether oxygens (including phenoxy) is 1. The van der Waals surface area contributed by atoms with Gasteiger partial charge in [0.1, 0.15) is 0 Å². The van der Waals surface area contributed by atoms with Crippen molar-refractivity contribution in [3.8, 4) is 0 Å². The van der Waals surface area contributed by atoms with Crippen molar-refractivity contribution >= 4 is 0 Å². The minimum absolute atomic E-state index is 0.376. The molecular formula is C11H23NO. The van der Waals surface area contributed by atoms with Crippen LogP contribution in [0.2, 0.25) is 0 Å². The van der Waals surface area contributed by atoms with Crippen LogP contribution < -0.4 is 5.32 Å². The van der Waals surface area contributed by atoms with Gasteiger partial charge in [-0.25, -0.2) is 0 Å². The summed E-state index contributed by atoms with van der Waals surface area (Å²) in [7, 11) is 0. The molecule has 1 fully saturated rings. The average Bonchev–Trinajstić information content (AvgIpc) is 2.85. The van der Waals surface area contributed by atoms with E-state index in [9.17, 15) is 0 Å². The van der Waals surface area contributed by atoms with Crippen molar-refractivity contribution in [2.75, 3.05) is 13.2 Å². The van der Waals surface area contributed by atoms with Crippen LogP contribution in [0.5, 0.6) is 0 Å². The van der Waals surface area contributed by atoms with E-state index in [0.29, 0.717) is 6.10 Å². The first-order chi connectivity index (χ1) is 6.20. The lowest BCUT2D eigenvalue weighted by atomic mass is 10.2. The van der Waals surface area contributed by atoms with Crippen molar-refractivity contribution in [1.82, 2.24) is 5.32 Å². The van der Waals surface area contributed by atoms with Crippen LogP contribution in [0, 0.1) is 5.92 Å². The van der Waals surface area contributed by atoms with Gasteiger partial charge in [-0.3, -0.25) is 0 Å². The summed E-state index contributed by atoms with van der Waals surface area (Å²) < 4.78 is 5.46. The molecule has 1 saturated carbocycles. The monoisotopic (exact) mass is 185 g/mol. The van der Waals surface area contributed by atoms with Crippen LogP contribution in [0.3, 0.4) is 0 Å². The first kappa shape index (κ1) is 11.0. The van der Waals surface area contributed by atoms with Crippen LogP contribution in [0.1, 0.15) is 40.0 Å². The van der Waals surface area contributed by atoms with Gasteiger partial charge < -0.3 is 10.1 Å². The van der Waals surface area contributed by atoms with Gasteiger partial charge in [0.25, 0.3) is 0 Å². The second-order valence-corrected chi connectivity index (χ2v) is 4.35. The Kier molecular flexibility index (Phi) is 4.74. The molecule has 78 valence electrons. The molecule has 0 radical (unpaired) electrons. The predicted octanol–water partition coefficient (Wildman–Crippen LogP) is 2.19. The maximum atomic E-state index is 5.46. The second-order valence-electron chi connectivity index (χ2n) is 4.35. The van der Waals surface area contributed by atoms with Crippen LogP contribution >= 0.6 is 0 Å². The third kappa shape index (κ3) is 5.27. The molecule has 0 aliphatic heterocycles. The topological polar surface area (TPSA) is 21.3 Å². The van der Waals surface area contributed by atoms with Gasteiger partial charge in [0.15, 0.2) is 0 Å². The first-order valence-electron chi connectivity index (χ1n) is 5.55. The number of nitrogens with one attached hydrogen (secondary N) is 1. The molecule has 0 aromatic rings. The number of rotatable bonds is 7. The molecule has 1 atom stereocenters. The van der Waals surface area contributed by atoms with Crippen LogP contribution in [-0.2, 0) is 4.74 Å². The van der Waals surface area contributed by atoms with Crippen LogP contribution in [0.4, 0.5) is 0 Å². The predicted molar refractivity (Wildman–Crippen MR) is 55.9 cm³/mol. The molecule has 1 aliphatic carbocycles.